The highest BCUT2D eigenvalue weighted by Gasteiger charge is 2.17. The minimum Gasteiger partial charge on any atom is -0.457 e. The molecule has 0 spiro atoms. The molecule has 1 atom stereocenters. The average molecular weight is 337 g/mol. The first-order valence-electron chi connectivity index (χ1n) is 3.90. The Balaban J connectivity index is 2.38. The van der Waals surface area contributed by atoms with Crippen molar-refractivity contribution in [2.45, 2.75) is 6.04 Å². The molecule has 5 heteroatoms. The molecule has 0 aliphatic heterocycles. The van der Waals surface area contributed by atoms with Crippen molar-refractivity contribution in [2.75, 3.05) is 0 Å². The summed E-state index contributed by atoms with van der Waals surface area (Å²) in [6.45, 7) is 0. The van der Waals surface area contributed by atoms with Gasteiger partial charge >= 0.3 is 0 Å². The smallest absolute Gasteiger partial charge is 0.174 e. The predicted octanol–water partition coefficient (Wildman–Crippen LogP) is 3.91. The SMILES string of the molecule is NC(c1cscc1Br)c1ccoc1Br. The third-order valence-electron chi connectivity index (χ3n) is 1.96. The van der Waals surface area contributed by atoms with E-state index in [2.05, 4.69) is 31.9 Å². The van der Waals surface area contributed by atoms with Crippen LogP contribution in [0.5, 0.6) is 0 Å². The molecule has 1 unspecified atom stereocenters. The van der Waals surface area contributed by atoms with E-state index in [4.69, 9.17) is 10.2 Å². The van der Waals surface area contributed by atoms with E-state index in [1.165, 1.54) is 0 Å². The molecule has 0 saturated heterocycles. The maximum atomic E-state index is 6.09. The minimum atomic E-state index is -0.149. The van der Waals surface area contributed by atoms with Gasteiger partial charge in [0.05, 0.1) is 12.3 Å². The number of thiophene rings is 1. The molecular weight excluding hydrogens is 330 g/mol. The van der Waals surface area contributed by atoms with Crippen molar-refractivity contribution in [2.24, 2.45) is 5.73 Å². The van der Waals surface area contributed by atoms with E-state index < -0.39 is 0 Å². The van der Waals surface area contributed by atoms with Gasteiger partial charge in [-0.15, -0.1) is 0 Å². The van der Waals surface area contributed by atoms with Gasteiger partial charge < -0.3 is 10.2 Å². The van der Waals surface area contributed by atoms with Crippen LogP contribution in [-0.2, 0) is 0 Å². The molecule has 0 aliphatic rings. The Bertz CT molecular complexity index is 397. The molecular formula is C9H7Br2NOS. The van der Waals surface area contributed by atoms with Crippen molar-refractivity contribution in [3.8, 4) is 0 Å². The van der Waals surface area contributed by atoms with Gasteiger partial charge in [0, 0.05) is 15.4 Å². The maximum Gasteiger partial charge on any atom is 0.174 e. The van der Waals surface area contributed by atoms with Gasteiger partial charge in [-0.05, 0) is 48.9 Å². The first-order chi connectivity index (χ1) is 6.70. The first-order valence-corrected chi connectivity index (χ1v) is 6.43. The second-order valence-corrected chi connectivity index (χ2v) is 5.12. The predicted molar refractivity (Wildman–Crippen MR) is 64.5 cm³/mol. The zero-order chi connectivity index (χ0) is 10.1. The molecule has 2 N–H and O–H groups in total. The molecule has 0 radical (unpaired) electrons. The number of hydrogen-bond donors (Lipinski definition) is 1. The van der Waals surface area contributed by atoms with Gasteiger partial charge in [-0.1, -0.05) is 0 Å². The Morgan fingerprint density at radius 1 is 1.29 bits per heavy atom. The number of nitrogens with two attached hydrogens (primary N) is 1. The molecule has 0 bridgehead atoms. The van der Waals surface area contributed by atoms with Gasteiger partial charge in [0.1, 0.15) is 0 Å². The summed E-state index contributed by atoms with van der Waals surface area (Å²) in [5, 5.41) is 4.05. The molecule has 0 aliphatic carbocycles. The molecule has 2 heterocycles. The lowest BCUT2D eigenvalue weighted by atomic mass is 10.1. The first kappa shape index (κ1) is 10.4. The fourth-order valence-electron chi connectivity index (χ4n) is 1.21. The number of halogens is 2. The molecule has 2 aromatic rings. The topological polar surface area (TPSA) is 39.2 Å². The summed E-state index contributed by atoms with van der Waals surface area (Å²) in [5.74, 6) is 0. The van der Waals surface area contributed by atoms with Crippen LogP contribution in [0.1, 0.15) is 17.2 Å². The van der Waals surface area contributed by atoms with Gasteiger partial charge in [-0.2, -0.15) is 11.3 Å². The van der Waals surface area contributed by atoms with Crippen molar-refractivity contribution < 1.29 is 4.42 Å². The van der Waals surface area contributed by atoms with Crippen LogP contribution in [0.15, 0.2) is 36.6 Å². The van der Waals surface area contributed by atoms with Crippen LogP contribution in [0.25, 0.3) is 0 Å². The Morgan fingerprint density at radius 3 is 2.57 bits per heavy atom. The maximum absolute atomic E-state index is 6.09. The zero-order valence-electron chi connectivity index (χ0n) is 7.04. The number of rotatable bonds is 2. The highest BCUT2D eigenvalue weighted by atomic mass is 79.9. The lowest BCUT2D eigenvalue weighted by Crippen LogP contribution is -2.10. The molecule has 2 nitrogen and oxygen atoms in total. The average Bonchev–Trinajstić information content (AvgIpc) is 2.73. The largest absolute Gasteiger partial charge is 0.457 e. The van der Waals surface area contributed by atoms with E-state index in [-0.39, 0.29) is 6.04 Å². The lowest BCUT2D eigenvalue weighted by molar-refractivity contribution is 0.534. The molecule has 0 fully saturated rings. The Kier molecular flexibility index (Phi) is 3.11. The summed E-state index contributed by atoms with van der Waals surface area (Å²) in [6, 6.07) is 1.72. The second-order valence-electron chi connectivity index (χ2n) is 2.80. The van der Waals surface area contributed by atoms with E-state index >= 15 is 0 Å². The van der Waals surface area contributed by atoms with Crippen LogP contribution >= 0.6 is 43.2 Å². The second kappa shape index (κ2) is 4.18. The van der Waals surface area contributed by atoms with E-state index in [0.29, 0.717) is 4.67 Å². The van der Waals surface area contributed by atoms with Crippen LogP contribution in [0.3, 0.4) is 0 Å². The van der Waals surface area contributed by atoms with Gasteiger partial charge in [-0.25, -0.2) is 0 Å². The summed E-state index contributed by atoms with van der Waals surface area (Å²) in [6.07, 6.45) is 1.62. The van der Waals surface area contributed by atoms with Crippen molar-refractivity contribution in [3.63, 3.8) is 0 Å². The van der Waals surface area contributed by atoms with Crippen molar-refractivity contribution in [1.82, 2.24) is 0 Å². The van der Waals surface area contributed by atoms with Gasteiger partial charge in [0.2, 0.25) is 0 Å². The van der Waals surface area contributed by atoms with Crippen molar-refractivity contribution in [3.05, 3.63) is 43.4 Å². The van der Waals surface area contributed by atoms with Crippen LogP contribution in [0.2, 0.25) is 0 Å². The van der Waals surface area contributed by atoms with Crippen molar-refractivity contribution in [1.29, 1.82) is 0 Å². The highest BCUT2D eigenvalue weighted by Crippen LogP contribution is 2.33. The fraction of sp³-hybridized carbons (Fsp3) is 0.111. The van der Waals surface area contributed by atoms with Crippen molar-refractivity contribution >= 4 is 43.2 Å². The van der Waals surface area contributed by atoms with E-state index in [9.17, 15) is 0 Å². The van der Waals surface area contributed by atoms with E-state index in [1.807, 2.05) is 16.8 Å². The Labute approximate surface area is 102 Å². The van der Waals surface area contributed by atoms with Crippen LogP contribution < -0.4 is 5.73 Å². The molecule has 74 valence electrons. The quantitative estimate of drug-likeness (QED) is 0.902. The van der Waals surface area contributed by atoms with Gasteiger partial charge in [-0.3, -0.25) is 0 Å². The minimum absolute atomic E-state index is 0.149. The van der Waals surface area contributed by atoms with Gasteiger partial charge in [0.15, 0.2) is 4.67 Å². The van der Waals surface area contributed by atoms with E-state index in [1.54, 1.807) is 17.6 Å². The Hall–Kier alpha value is -0.100. The lowest BCUT2D eigenvalue weighted by Gasteiger charge is -2.08. The number of hydrogen-bond acceptors (Lipinski definition) is 3. The summed E-state index contributed by atoms with van der Waals surface area (Å²) in [7, 11) is 0. The summed E-state index contributed by atoms with van der Waals surface area (Å²) in [5.41, 5.74) is 8.14. The third kappa shape index (κ3) is 1.82. The third-order valence-corrected chi connectivity index (χ3v) is 4.35. The van der Waals surface area contributed by atoms with Crippen LogP contribution in [0.4, 0.5) is 0 Å². The Morgan fingerprint density at radius 2 is 2.07 bits per heavy atom. The van der Waals surface area contributed by atoms with E-state index in [0.717, 1.165) is 15.6 Å². The van der Waals surface area contributed by atoms with Crippen LogP contribution in [0, 0.1) is 0 Å². The molecule has 0 amide bonds. The highest BCUT2D eigenvalue weighted by molar-refractivity contribution is 9.10. The monoisotopic (exact) mass is 335 g/mol. The van der Waals surface area contributed by atoms with Crippen LogP contribution in [-0.4, -0.2) is 0 Å². The fourth-order valence-corrected chi connectivity index (χ4v) is 3.27. The summed E-state index contributed by atoms with van der Waals surface area (Å²) < 4.78 is 6.89. The molecule has 2 aromatic heterocycles. The summed E-state index contributed by atoms with van der Waals surface area (Å²) in [4.78, 5) is 0. The summed E-state index contributed by atoms with van der Waals surface area (Å²) >= 11 is 8.40. The standard InChI is InChI=1S/C9H7Br2NOS/c10-7-4-14-3-6(7)8(12)5-1-2-13-9(5)11/h1-4,8H,12H2. The number of furan rings is 1. The van der Waals surface area contributed by atoms with Gasteiger partial charge in [0.25, 0.3) is 0 Å². The molecule has 0 saturated carbocycles. The molecule has 0 aromatic carbocycles. The zero-order valence-corrected chi connectivity index (χ0v) is 11.0. The molecule has 14 heavy (non-hydrogen) atoms. The normalized spacial score (nSPS) is 13.1. The molecule has 2 rings (SSSR count).